The minimum Gasteiger partial charge on any atom is -0.507 e. The van der Waals surface area contributed by atoms with Crippen molar-refractivity contribution >= 4 is 16.9 Å². The van der Waals surface area contributed by atoms with E-state index in [1.165, 1.54) is 6.08 Å². The fraction of sp³-hybridized carbons (Fsp3) is 0.400. The number of phenols is 1. The lowest BCUT2D eigenvalue weighted by molar-refractivity contribution is -0.117. The highest BCUT2D eigenvalue weighted by Crippen LogP contribution is 2.36. The number of fused-ring (bicyclic) bond motifs is 1. The minimum atomic E-state index is -0.206. The molecule has 3 heterocycles. The average molecular weight is 451 g/mol. The van der Waals surface area contributed by atoms with Crippen molar-refractivity contribution < 1.29 is 19.4 Å². The quantitative estimate of drug-likeness (QED) is 0.472. The molecule has 174 valence electrons. The van der Waals surface area contributed by atoms with Gasteiger partial charge < -0.3 is 24.9 Å². The van der Waals surface area contributed by atoms with Crippen LogP contribution in [0.15, 0.2) is 43.0 Å². The Kier molecular flexibility index (Phi) is 7.05. The van der Waals surface area contributed by atoms with Gasteiger partial charge in [0.15, 0.2) is 5.65 Å². The van der Waals surface area contributed by atoms with Gasteiger partial charge in [0.1, 0.15) is 5.75 Å². The normalized spacial score (nSPS) is 18.9. The van der Waals surface area contributed by atoms with Crippen molar-refractivity contribution in [3.8, 4) is 17.0 Å². The molecule has 4 rings (SSSR count). The number of benzene rings is 1. The van der Waals surface area contributed by atoms with Gasteiger partial charge >= 0.3 is 0 Å². The largest absolute Gasteiger partial charge is 0.507 e. The minimum absolute atomic E-state index is 0.0623. The summed E-state index contributed by atoms with van der Waals surface area (Å²) in [6.45, 7) is 9.02. The standard InChI is InChI=1S/C25H30N4O4/c1-4-23(31)26-17-11-16(9-10-32-13-17)24-20(14-33-15(2)3)19-12-21(28-29-25(19)27-24)18-7-5-6-8-22(18)30/h4-8,12,15-17,30H,1,9-11,13-14H2,2-3H3,(H,26,31)(H,27,29)/t16?,17-/m1/s1. The van der Waals surface area contributed by atoms with Gasteiger partial charge in [-0.05, 0) is 51.0 Å². The van der Waals surface area contributed by atoms with E-state index in [-0.39, 0.29) is 29.7 Å². The van der Waals surface area contributed by atoms with Crippen LogP contribution in [0.25, 0.3) is 22.3 Å². The number of para-hydroxylation sites is 1. The Morgan fingerprint density at radius 3 is 2.97 bits per heavy atom. The maximum atomic E-state index is 11.9. The Labute approximate surface area is 193 Å². The molecule has 8 nitrogen and oxygen atoms in total. The summed E-state index contributed by atoms with van der Waals surface area (Å²) in [5.41, 5.74) is 3.93. The molecule has 0 aliphatic carbocycles. The third-order valence-corrected chi connectivity index (χ3v) is 5.88. The van der Waals surface area contributed by atoms with Crippen molar-refractivity contribution in [3.63, 3.8) is 0 Å². The van der Waals surface area contributed by atoms with Crippen molar-refractivity contribution in [2.75, 3.05) is 13.2 Å². The number of nitrogens with zero attached hydrogens (tertiary/aromatic N) is 2. The van der Waals surface area contributed by atoms with E-state index in [1.807, 2.05) is 32.0 Å². The number of rotatable bonds is 7. The number of hydrogen-bond acceptors (Lipinski definition) is 6. The number of H-pyrrole nitrogens is 1. The van der Waals surface area contributed by atoms with Crippen molar-refractivity contribution in [1.29, 1.82) is 0 Å². The van der Waals surface area contributed by atoms with Crippen molar-refractivity contribution in [2.24, 2.45) is 0 Å². The summed E-state index contributed by atoms with van der Waals surface area (Å²) in [6.07, 6.45) is 2.87. The molecule has 1 saturated heterocycles. The molecular formula is C25H30N4O4. The van der Waals surface area contributed by atoms with Crippen molar-refractivity contribution in [2.45, 2.75) is 51.4 Å². The lowest BCUT2D eigenvalue weighted by Crippen LogP contribution is -2.37. The smallest absolute Gasteiger partial charge is 0.243 e. The van der Waals surface area contributed by atoms with E-state index in [9.17, 15) is 9.90 Å². The summed E-state index contributed by atoms with van der Waals surface area (Å²) in [6, 6.07) is 8.91. The topological polar surface area (TPSA) is 109 Å². The summed E-state index contributed by atoms with van der Waals surface area (Å²) in [7, 11) is 0. The van der Waals surface area contributed by atoms with E-state index in [1.54, 1.807) is 12.1 Å². The Bertz CT molecular complexity index is 1140. The fourth-order valence-electron chi connectivity index (χ4n) is 4.24. The van der Waals surface area contributed by atoms with Crippen LogP contribution in [0, 0.1) is 0 Å². The average Bonchev–Trinajstić information content (AvgIpc) is 3.00. The molecule has 0 radical (unpaired) electrons. The molecule has 1 amide bonds. The number of aromatic hydroxyl groups is 1. The van der Waals surface area contributed by atoms with Crippen LogP contribution in [0.3, 0.4) is 0 Å². The second kappa shape index (κ2) is 10.1. The lowest BCUT2D eigenvalue weighted by Gasteiger charge is -2.20. The van der Waals surface area contributed by atoms with Crippen LogP contribution in [0.2, 0.25) is 0 Å². The number of aromatic amines is 1. The first-order valence-corrected chi connectivity index (χ1v) is 11.2. The number of nitrogens with one attached hydrogen (secondary N) is 2. The number of carbonyl (C=O) groups is 1. The lowest BCUT2D eigenvalue weighted by atomic mass is 9.91. The van der Waals surface area contributed by atoms with Crippen LogP contribution in [0.4, 0.5) is 0 Å². The summed E-state index contributed by atoms with van der Waals surface area (Å²) < 4.78 is 11.8. The van der Waals surface area contributed by atoms with Gasteiger partial charge in [0.25, 0.3) is 0 Å². The predicted molar refractivity (Wildman–Crippen MR) is 126 cm³/mol. The van der Waals surface area contributed by atoms with Gasteiger partial charge in [-0.1, -0.05) is 18.7 Å². The summed E-state index contributed by atoms with van der Waals surface area (Å²) in [5, 5.41) is 22.9. The van der Waals surface area contributed by atoms with E-state index >= 15 is 0 Å². The number of hydrogen-bond donors (Lipinski definition) is 3. The molecule has 33 heavy (non-hydrogen) atoms. The van der Waals surface area contributed by atoms with Crippen LogP contribution < -0.4 is 5.32 Å². The van der Waals surface area contributed by atoms with E-state index < -0.39 is 0 Å². The highest BCUT2D eigenvalue weighted by atomic mass is 16.5. The first-order chi connectivity index (χ1) is 16.0. The molecule has 0 bridgehead atoms. The molecule has 0 saturated carbocycles. The zero-order chi connectivity index (χ0) is 23.4. The molecule has 2 aromatic heterocycles. The molecule has 1 unspecified atom stereocenters. The second-order valence-corrected chi connectivity index (χ2v) is 8.59. The molecule has 3 aromatic rings. The molecule has 3 N–H and O–H groups in total. The van der Waals surface area contributed by atoms with Gasteiger partial charge in [0.2, 0.25) is 5.91 Å². The molecule has 0 spiro atoms. The third-order valence-electron chi connectivity index (χ3n) is 5.88. The Balaban J connectivity index is 1.74. The van der Waals surface area contributed by atoms with E-state index in [0.29, 0.717) is 36.7 Å². The van der Waals surface area contributed by atoms with E-state index in [2.05, 4.69) is 27.1 Å². The van der Waals surface area contributed by atoms with Gasteiger partial charge in [-0.15, -0.1) is 10.2 Å². The zero-order valence-electron chi connectivity index (χ0n) is 19.0. The Morgan fingerprint density at radius 2 is 2.21 bits per heavy atom. The van der Waals surface area contributed by atoms with Gasteiger partial charge in [0, 0.05) is 34.7 Å². The van der Waals surface area contributed by atoms with E-state index in [0.717, 1.165) is 29.5 Å². The fourth-order valence-corrected chi connectivity index (χ4v) is 4.24. The third kappa shape index (κ3) is 5.23. The molecule has 8 heteroatoms. The first-order valence-electron chi connectivity index (χ1n) is 11.2. The zero-order valence-corrected chi connectivity index (χ0v) is 19.0. The predicted octanol–water partition coefficient (Wildman–Crippen LogP) is 3.82. The van der Waals surface area contributed by atoms with Crippen molar-refractivity contribution in [1.82, 2.24) is 20.5 Å². The summed E-state index contributed by atoms with van der Waals surface area (Å²) >= 11 is 0. The number of amides is 1. The van der Waals surface area contributed by atoms with Crippen LogP contribution in [0.1, 0.15) is 43.9 Å². The highest BCUT2D eigenvalue weighted by Gasteiger charge is 2.27. The number of ether oxygens (including phenoxy) is 2. The molecule has 1 fully saturated rings. The molecule has 1 aliphatic rings. The van der Waals surface area contributed by atoms with Crippen molar-refractivity contribution in [3.05, 3.63) is 54.2 Å². The SMILES string of the molecule is C=CC(=O)N[C@H]1COCCC(c2[nH]c3nnc(-c4ccccc4O)cc3c2COC(C)C)C1. The molecular weight excluding hydrogens is 420 g/mol. The maximum absolute atomic E-state index is 11.9. The molecule has 1 aromatic carbocycles. The van der Waals surface area contributed by atoms with Crippen LogP contribution in [-0.4, -0.2) is 51.6 Å². The van der Waals surface area contributed by atoms with Crippen LogP contribution >= 0.6 is 0 Å². The van der Waals surface area contributed by atoms with Gasteiger partial charge in [-0.3, -0.25) is 4.79 Å². The summed E-state index contributed by atoms with van der Waals surface area (Å²) in [4.78, 5) is 15.3. The van der Waals surface area contributed by atoms with Crippen LogP contribution in [-0.2, 0) is 20.9 Å². The van der Waals surface area contributed by atoms with E-state index in [4.69, 9.17) is 9.47 Å². The molecule has 2 atom stereocenters. The Morgan fingerprint density at radius 1 is 1.39 bits per heavy atom. The highest BCUT2D eigenvalue weighted by molar-refractivity contribution is 5.87. The monoisotopic (exact) mass is 450 g/mol. The molecule has 1 aliphatic heterocycles. The van der Waals surface area contributed by atoms with Gasteiger partial charge in [-0.25, -0.2) is 0 Å². The number of carbonyl (C=O) groups excluding carboxylic acids is 1. The van der Waals surface area contributed by atoms with Crippen LogP contribution in [0.5, 0.6) is 5.75 Å². The number of aromatic nitrogens is 3. The second-order valence-electron chi connectivity index (χ2n) is 8.59. The Hall–Kier alpha value is -3.23. The van der Waals surface area contributed by atoms with Gasteiger partial charge in [-0.2, -0.15) is 0 Å². The first kappa shape index (κ1) is 22.9. The number of phenolic OH excluding ortho intramolecular Hbond substituents is 1. The van der Waals surface area contributed by atoms with Gasteiger partial charge in [0.05, 0.1) is 31.1 Å². The maximum Gasteiger partial charge on any atom is 0.243 e. The summed E-state index contributed by atoms with van der Waals surface area (Å²) in [5.74, 6) is 0.0715.